The Morgan fingerprint density at radius 2 is 1.94 bits per heavy atom. The van der Waals surface area contributed by atoms with Crippen molar-refractivity contribution < 1.29 is 29.9 Å². The maximum Gasteiger partial charge on any atom is 0.221 e. The van der Waals surface area contributed by atoms with Crippen LogP contribution in [0.2, 0.25) is 0 Å². The second-order valence-corrected chi connectivity index (χ2v) is 4.69. The summed E-state index contributed by atoms with van der Waals surface area (Å²) in [4.78, 5) is 0. The molecule has 1 rings (SSSR count). The second kappa shape index (κ2) is 7.37. The van der Waals surface area contributed by atoms with Crippen LogP contribution in [0.25, 0.3) is 0 Å². The Bertz CT molecular complexity index is 237. The van der Waals surface area contributed by atoms with Gasteiger partial charge in [0.25, 0.3) is 0 Å². The number of hydrogen-bond acceptors (Lipinski definition) is 6. The van der Waals surface area contributed by atoms with Gasteiger partial charge in [-0.3, -0.25) is 0 Å². The van der Waals surface area contributed by atoms with E-state index in [0.29, 0.717) is 6.61 Å². The van der Waals surface area contributed by atoms with Crippen molar-refractivity contribution in [3.05, 3.63) is 0 Å². The average Bonchev–Trinajstić information content (AvgIpc) is 2.39. The fraction of sp³-hybridized carbons (Fsp3) is 1.00. The lowest BCUT2D eigenvalue weighted by Crippen LogP contribution is -2.63. The number of unbranched alkanes of at least 4 members (excludes halogenated alkanes) is 3. The minimum atomic E-state index is -1.62. The molecule has 6 nitrogen and oxygen atoms in total. The summed E-state index contributed by atoms with van der Waals surface area (Å²) in [6.45, 7) is 1.70. The Morgan fingerprint density at radius 3 is 2.56 bits per heavy atom. The third kappa shape index (κ3) is 3.63. The predicted molar refractivity (Wildman–Crippen MR) is 63.9 cm³/mol. The molecule has 108 valence electrons. The first kappa shape index (κ1) is 15.8. The third-order valence-corrected chi connectivity index (χ3v) is 3.23. The van der Waals surface area contributed by atoms with Crippen molar-refractivity contribution in [1.82, 2.24) is 0 Å². The van der Waals surface area contributed by atoms with Crippen molar-refractivity contribution in [1.29, 1.82) is 0 Å². The predicted octanol–water partition coefficient (Wildman–Crippen LogP) is -0.615. The van der Waals surface area contributed by atoms with Crippen LogP contribution in [0.4, 0.5) is 0 Å². The fourth-order valence-electron chi connectivity index (χ4n) is 1.97. The zero-order valence-corrected chi connectivity index (χ0v) is 10.8. The number of rotatable bonds is 7. The van der Waals surface area contributed by atoms with E-state index in [-0.39, 0.29) is 6.61 Å². The second-order valence-electron chi connectivity index (χ2n) is 4.69. The van der Waals surface area contributed by atoms with Gasteiger partial charge in [0.15, 0.2) is 0 Å². The Hall–Kier alpha value is -0.240. The van der Waals surface area contributed by atoms with E-state index in [1.165, 1.54) is 0 Å². The molecule has 0 unspecified atom stereocenters. The molecule has 1 fully saturated rings. The summed E-state index contributed by atoms with van der Waals surface area (Å²) in [5, 5.41) is 38.1. The molecule has 0 aromatic heterocycles. The molecular weight excluding hydrogens is 240 g/mol. The maximum absolute atomic E-state index is 9.84. The summed E-state index contributed by atoms with van der Waals surface area (Å²) < 4.78 is 10.6. The molecule has 4 atom stereocenters. The Balaban J connectivity index is 2.46. The molecule has 6 heteroatoms. The average molecular weight is 264 g/mol. The summed E-state index contributed by atoms with van der Waals surface area (Å²) in [6, 6.07) is 0. The van der Waals surface area contributed by atoms with Crippen LogP contribution in [-0.4, -0.2) is 64.3 Å². The van der Waals surface area contributed by atoms with Gasteiger partial charge in [-0.15, -0.1) is 0 Å². The molecular formula is C12H24O6. The lowest BCUT2D eigenvalue weighted by atomic mass is 9.97. The minimum absolute atomic E-state index is 0.173. The highest BCUT2D eigenvalue weighted by Gasteiger charge is 2.50. The fourth-order valence-corrected chi connectivity index (χ4v) is 1.97. The van der Waals surface area contributed by atoms with E-state index >= 15 is 0 Å². The highest BCUT2D eigenvalue weighted by Crippen LogP contribution is 2.27. The first-order valence-electron chi connectivity index (χ1n) is 6.50. The van der Waals surface area contributed by atoms with Gasteiger partial charge in [-0.25, -0.2) is 0 Å². The van der Waals surface area contributed by atoms with Crippen molar-refractivity contribution >= 4 is 0 Å². The van der Waals surface area contributed by atoms with Crippen LogP contribution in [0.3, 0.4) is 0 Å². The SMILES string of the molecule is CCCCCCO[C@]1(CO)OC[C@H](O)[C@@H](O)[C@@H]1O. The van der Waals surface area contributed by atoms with E-state index in [9.17, 15) is 20.4 Å². The van der Waals surface area contributed by atoms with Crippen LogP contribution in [0, 0.1) is 0 Å². The van der Waals surface area contributed by atoms with Gasteiger partial charge >= 0.3 is 0 Å². The molecule has 0 radical (unpaired) electrons. The molecule has 1 saturated heterocycles. The molecule has 0 aliphatic carbocycles. The summed E-state index contributed by atoms with van der Waals surface area (Å²) >= 11 is 0. The molecule has 0 bridgehead atoms. The number of aliphatic hydroxyl groups is 4. The summed E-state index contributed by atoms with van der Waals surface area (Å²) in [5.41, 5.74) is 0. The van der Waals surface area contributed by atoms with Gasteiger partial charge in [0.2, 0.25) is 5.79 Å². The molecule has 1 heterocycles. The number of aliphatic hydroxyl groups excluding tert-OH is 4. The molecule has 0 spiro atoms. The lowest BCUT2D eigenvalue weighted by Gasteiger charge is -2.43. The smallest absolute Gasteiger partial charge is 0.221 e. The summed E-state index contributed by atoms with van der Waals surface area (Å²) in [7, 11) is 0. The van der Waals surface area contributed by atoms with Crippen LogP contribution >= 0.6 is 0 Å². The van der Waals surface area contributed by atoms with Crippen LogP contribution < -0.4 is 0 Å². The van der Waals surface area contributed by atoms with Crippen molar-refractivity contribution in [2.45, 2.75) is 56.7 Å². The first-order valence-corrected chi connectivity index (χ1v) is 6.50. The van der Waals surface area contributed by atoms with Crippen LogP contribution in [0.5, 0.6) is 0 Å². The Labute approximate surface area is 107 Å². The molecule has 0 saturated carbocycles. The van der Waals surface area contributed by atoms with Crippen molar-refractivity contribution in [3.8, 4) is 0 Å². The quantitative estimate of drug-likeness (QED) is 0.458. The number of hydrogen-bond donors (Lipinski definition) is 4. The number of ether oxygens (including phenoxy) is 2. The molecule has 1 aliphatic rings. The molecule has 18 heavy (non-hydrogen) atoms. The Kier molecular flexibility index (Phi) is 6.48. The zero-order chi connectivity index (χ0) is 13.6. The van der Waals surface area contributed by atoms with Crippen LogP contribution in [-0.2, 0) is 9.47 Å². The normalized spacial score (nSPS) is 36.8. The first-order chi connectivity index (χ1) is 8.57. The van der Waals surface area contributed by atoms with Gasteiger partial charge in [-0.2, -0.15) is 0 Å². The highest BCUT2D eigenvalue weighted by molar-refractivity contribution is 4.92. The van der Waals surface area contributed by atoms with Gasteiger partial charge < -0.3 is 29.9 Å². The van der Waals surface area contributed by atoms with Gasteiger partial charge in [-0.05, 0) is 6.42 Å². The van der Waals surface area contributed by atoms with Gasteiger partial charge in [-0.1, -0.05) is 26.2 Å². The van der Waals surface area contributed by atoms with E-state index in [2.05, 4.69) is 6.92 Å². The van der Waals surface area contributed by atoms with Crippen molar-refractivity contribution in [2.75, 3.05) is 19.8 Å². The highest BCUT2D eigenvalue weighted by atomic mass is 16.7. The van der Waals surface area contributed by atoms with E-state index in [1.54, 1.807) is 0 Å². The zero-order valence-electron chi connectivity index (χ0n) is 10.8. The molecule has 0 aromatic carbocycles. The largest absolute Gasteiger partial charge is 0.391 e. The van der Waals surface area contributed by atoms with Crippen LogP contribution in [0.15, 0.2) is 0 Å². The third-order valence-electron chi connectivity index (χ3n) is 3.23. The molecule has 0 amide bonds. The topological polar surface area (TPSA) is 99.4 Å². The van der Waals surface area contributed by atoms with Crippen molar-refractivity contribution in [2.24, 2.45) is 0 Å². The monoisotopic (exact) mass is 264 g/mol. The molecule has 1 aliphatic heterocycles. The minimum Gasteiger partial charge on any atom is -0.391 e. The van der Waals surface area contributed by atoms with Gasteiger partial charge in [0, 0.05) is 0 Å². The lowest BCUT2D eigenvalue weighted by molar-refractivity contribution is -0.348. The molecule has 4 N–H and O–H groups in total. The van der Waals surface area contributed by atoms with E-state index in [0.717, 1.165) is 25.7 Å². The van der Waals surface area contributed by atoms with Gasteiger partial charge in [0.1, 0.15) is 24.9 Å². The summed E-state index contributed by atoms with van der Waals surface area (Å²) in [5.74, 6) is -1.62. The standard InChI is InChI=1S/C12H24O6/c1-2-3-4-5-6-17-12(8-13)11(16)10(15)9(14)7-18-12/h9-11,13-16H,2-8H2,1H3/t9-,10+,11-,12+/m0/s1. The van der Waals surface area contributed by atoms with Crippen LogP contribution in [0.1, 0.15) is 32.6 Å². The van der Waals surface area contributed by atoms with E-state index < -0.39 is 30.7 Å². The summed E-state index contributed by atoms with van der Waals surface area (Å²) in [6.07, 6.45) is 0.00118. The Morgan fingerprint density at radius 1 is 1.22 bits per heavy atom. The van der Waals surface area contributed by atoms with E-state index in [4.69, 9.17) is 9.47 Å². The maximum atomic E-state index is 9.84. The van der Waals surface area contributed by atoms with Crippen molar-refractivity contribution in [3.63, 3.8) is 0 Å². The van der Waals surface area contributed by atoms with Gasteiger partial charge in [0.05, 0.1) is 13.2 Å². The molecule has 0 aromatic rings. The van der Waals surface area contributed by atoms with E-state index in [1.807, 2.05) is 0 Å².